The van der Waals surface area contributed by atoms with Crippen molar-refractivity contribution in [1.29, 1.82) is 0 Å². The lowest BCUT2D eigenvalue weighted by atomic mass is 9.86. The molecule has 1 fully saturated rings. The highest BCUT2D eigenvalue weighted by atomic mass is 19.1. The molecule has 1 aliphatic rings. The standard InChI is InChI=1S/C22H27FN2O2/c1-2-27-17-22(12-14-24-15-13-22)25(20-10-8-19(23)9-11-20)21(26)16-18-6-4-3-5-7-18/h3-11,24H,2,12-17H2,1H3. The van der Waals surface area contributed by atoms with Gasteiger partial charge in [0.25, 0.3) is 0 Å². The molecule has 1 amide bonds. The molecule has 1 aliphatic heterocycles. The van der Waals surface area contributed by atoms with Gasteiger partial charge in [0.1, 0.15) is 5.82 Å². The average molecular weight is 370 g/mol. The largest absolute Gasteiger partial charge is 0.379 e. The molecule has 0 aliphatic carbocycles. The van der Waals surface area contributed by atoms with Crippen LogP contribution in [0.2, 0.25) is 0 Å². The van der Waals surface area contributed by atoms with Crippen LogP contribution in [0.3, 0.4) is 0 Å². The third-order valence-corrected chi connectivity index (χ3v) is 5.12. The highest BCUT2D eigenvalue weighted by Gasteiger charge is 2.41. The van der Waals surface area contributed by atoms with E-state index >= 15 is 0 Å². The van der Waals surface area contributed by atoms with Crippen molar-refractivity contribution in [3.63, 3.8) is 0 Å². The first-order valence-electron chi connectivity index (χ1n) is 9.56. The van der Waals surface area contributed by atoms with Crippen molar-refractivity contribution in [2.24, 2.45) is 0 Å². The van der Waals surface area contributed by atoms with Crippen molar-refractivity contribution < 1.29 is 13.9 Å². The fraction of sp³-hybridized carbons (Fsp3) is 0.409. The maximum atomic E-state index is 13.5. The first-order valence-corrected chi connectivity index (χ1v) is 9.56. The van der Waals surface area contributed by atoms with Crippen molar-refractivity contribution in [3.8, 4) is 0 Å². The number of nitrogens with zero attached hydrogens (tertiary/aromatic N) is 1. The maximum Gasteiger partial charge on any atom is 0.232 e. The number of halogens is 1. The Morgan fingerprint density at radius 1 is 1.11 bits per heavy atom. The zero-order valence-electron chi connectivity index (χ0n) is 15.8. The highest BCUT2D eigenvalue weighted by Crippen LogP contribution is 2.33. The molecule has 3 rings (SSSR count). The number of piperidine rings is 1. The molecule has 1 N–H and O–H groups in total. The molecule has 1 heterocycles. The van der Waals surface area contributed by atoms with Gasteiger partial charge in [-0.15, -0.1) is 0 Å². The Balaban J connectivity index is 1.97. The molecule has 2 aromatic carbocycles. The Labute approximate surface area is 160 Å². The number of carbonyl (C=O) groups is 1. The third-order valence-electron chi connectivity index (χ3n) is 5.12. The third kappa shape index (κ3) is 4.73. The van der Waals surface area contributed by atoms with Crippen LogP contribution < -0.4 is 10.2 Å². The number of hydrogen-bond acceptors (Lipinski definition) is 3. The summed E-state index contributed by atoms with van der Waals surface area (Å²) in [4.78, 5) is 15.3. The van der Waals surface area contributed by atoms with Gasteiger partial charge in [-0.2, -0.15) is 0 Å². The molecule has 0 bridgehead atoms. The molecule has 4 nitrogen and oxygen atoms in total. The molecule has 0 aromatic heterocycles. The summed E-state index contributed by atoms with van der Waals surface area (Å²) in [6.45, 7) is 4.68. The van der Waals surface area contributed by atoms with Crippen LogP contribution in [-0.2, 0) is 16.0 Å². The second-order valence-electron chi connectivity index (χ2n) is 6.98. The van der Waals surface area contributed by atoms with E-state index in [9.17, 15) is 9.18 Å². The van der Waals surface area contributed by atoms with Gasteiger partial charge >= 0.3 is 0 Å². The monoisotopic (exact) mass is 370 g/mol. The van der Waals surface area contributed by atoms with Crippen LogP contribution >= 0.6 is 0 Å². The van der Waals surface area contributed by atoms with E-state index in [2.05, 4.69) is 5.32 Å². The van der Waals surface area contributed by atoms with Gasteiger partial charge in [0.05, 0.1) is 18.6 Å². The molecule has 0 spiro atoms. The number of ether oxygens (including phenoxy) is 1. The summed E-state index contributed by atoms with van der Waals surface area (Å²) in [5, 5.41) is 3.37. The van der Waals surface area contributed by atoms with Gasteiger partial charge in [-0.05, 0) is 62.7 Å². The second-order valence-corrected chi connectivity index (χ2v) is 6.98. The maximum absolute atomic E-state index is 13.5. The number of rotatable bonds is 7. The molecule has 5 heteroatoms. The number of amides is 1. The molecule has 2 aromatic rings. The first-order chi connectivity index (χ1) is 13.1. The lowest BCUT2D eigenvalue weighted by Gasteiger charge is -2.46. The van der Waals surface area contributed by atoms with Gasteiger partial charge < -0.3 is 15.0 Å². The lowest BCUT2D eigenvalue weighted by molar-refractivity contribution is -0.120. The molecular formula is C22H27FN2O2. The van der Waals surface area contributed by atoms with E-state index in [4.69, 9.17) is 4.74 Å². The summed E-state index contributed by atoms with van der Waals surface area (Å²) in [6, 6.07) is 15.9. The fourth-order valence-electron chi connectivity index (χ4n) is 3.74. The number of anilines is 1. The van der Waals surface area contributed by atoms with Gasteiger partial charge in [0, 0.05) is 12.3 Å². The Bertz CT molecular complexity index is 728. The number of benzene rings is 2. The van der Waals surface area contributed by atoms with Crippen LogP contribution in [-0.4, -0.2) is 37.7 Å². The zero-order valence-corrected chi connectivity index (χ0v) is 15.8. The van der Waals surface area contributed by atoms with Gasteiger partial charge in [0.15, 0.2) is 0 Å². The van der Waals surface area contributed by atoms with E-state index in [0.717, 1.165) is 37.2 Å². The molecule has 0 saturated carbocycles. The highest BCUT2D eigenvalue weighted by molar-refractivity contribution is 5.96. The van der Waals surface area contributed by atoms with Crippen LogP contribution in [0.25, 0.3) is 0 Å². The minimum atomic E-state index is -0.426. The second kappa shape index (κ2) is 9.11. The molecule has 27 heavy (non-hydrogen) atoms. The first kappa shape index (κ1) is 19.5. The Kier molecular flexibility index (Phi) is 6.58. The predicted molar refractivity (Wildman–Crippen MR) is 105 cm³/mol. The van der Waals surface area contributed by atoms with Gasteiger partial charge in [-0.25, -0.2) is 4.39 Å². The molecule has 0 radical (unpaired) electrons. The smallest absolute Gasteiger partial charge is 0.232 e. The van der Waals surface area contributed by atoms with Crippen LogP contribution in [0.15, 0.2) is 54.6 Å². The summed E-state index contributed by atoms with van der Waals surface area (Å²) in [6.07, 6.45) is 1.90. The predicted octanol–water partition coefficient (Wildman–Crippen LogP) is 3.56. The minimum absolute atomic E-state index is 0.00871. The normalized spacial score (nSPS) is 16.1. The number of hydrogen-bond donors (Lipinski definition) is 1. The zero-order chi connectivity index (χ0) is 19.1. The summed E-state index contributed by atoms with van der Waals surface area (Å²) in [7, 11) is 0. The summed E-state index contributed by atoms with van der Waals surface area (Å²) < 4.78 is 19.3. The summed E-state index contributed by atoms with van der Waals surface area (Å²) in [5.74, 6) is -0.298. The topological polar surface area (TPSA) is 41.6 Å². The van der Waals surface area contributed by atoms with Crippen LogP contribution in [0.1, 0.15) is 25.3 Å². The van der Waals surface area contributed by atoms with Crippen molar-refractivity contribution in [3.05, 3.63) is 66.0 Å². The summed E-state index contributed by atoms with van der Waals surface area (Å²) in [5.41, 5.74) is 1.26. The summed E-state index contributed by atoms with van der Waals surface area (Å²) >= 11 is 0. The van der Waals surface area contributed by atoms with Gasteiger partial charge in [-0.3, -0.25) is 4.79 Å². The fourth-order valence-corrected chi connectivity index (χ4v) is 3.74. The molecule has 144 valence electrons. The van der Waals surface area contributed by atoms with E-state index < -0.39 is 5.54 Å². The van der Waals surface area contributed by atoms with E-state index in [0.29, 0.717) is 19.6 Å². The van der Waals surface area contributed by atoms with Crippen LogP contribution in [0.5, 0.6) is 0 Å². The number of nitrogens with one attached hydrogen (secondary N) is 1. The van der Waals surface area contributed by atoms with Crippen molar-refractivity contribution in [2.75, 3.05) is 31.2 Å². The van der Waals surface area contributed by atoms with E-state index in [-0.39, 0.29) is 11.7 Å². The van der Waals surface area contributed by atoms with Gasteiger partial charge in [-0.1, -0.05) is 30.3 Å². The number of carbonyl (C=O) groups excluding carboxylic acids is 1. The van der Waals surface area contributed by atoms with Crippen LogP contribution in [0.4, 0.5) is 10.1 Å². The SMILES string of the molecule is CCOCC1(N(C(=O)Cc2ccccc2)c2ccc(F)cc2)CCNCC1. The Morgan fingerprint density at radius 2 is 1.78 bits per heavy atom. The van der Waals surface area contributed by atoms with Crippen molar-refractivity contribution in [1.82, 2.24) is 5.32 Å². The lowest BCUT2D eigenvalue weighted by Crippen LogP contribution is -2.60. The van der Waals surface area contributed by atoms with E-state index in [1.165, 1.54) is 12.1 Å². The van der Waals surface area contributed by atoms with E-state index in [1.54, 1.807) is 12.1 Å². The van der Waals surface area contributed by atoms with Crippen LogP contribution in [0, 0.1) is 5.82 Å². The van der Waals surface area contributed by atoms with Crippen molar-refractivity contribution >= 4 is 11.6 Å². The molecular weight excluding hydrogens is 343 g/mol. The average Bonchev–Trinajstić information content (AvgIpc) is 2.70. The van der Waals surface area contributed by atoms with E-state index in [1.807, 2.05) is 42.2 Å². The molecule has 0 unspecified atom stereocenters. The minimum Gasteiger partial charge on any atom is -0.379 e. The molecule has 0 atom stereocenters. The van der Waals surface area contributed by atoms with Gasteiger partial charge in [0.2, 0.25) is 5.91 Å². The Morgan fingerprint density at radius 3 is 2.41 bits per heavy atom. The Hall–Kier alpha value is -2.24. The molecule has 1 saturated heterocycles. The quantitative estimate of drug-likeness (QED) is 0.810. The van der Waals surface area contributed by atoms with Crippen molar-refractivity contribution in [2.45, 2.75) is 31.7 Å².